The molecule has 1 aliphatic heterocycles. The first-order valence-corrected chi connectivity index (χ1v) is 9.84. The minimum atomic E-state index is -1.05. The van der Waals surface area contributed by atoms with Crippen LogP contribution >= 0.6 is 0 Å². The summed E-state index contributed by atoms with van der Waals surface area (Å²) >= 11 is 0. The molecule has 7 heteroatoms. The molecule has 2 aliphatic rings. The minimum Gasteiger partial charge on any atom is -0.493 e. The highest BCUT2D eigenvalue weighted by Crippen LogP contribution is 2.51. The van der Waals surface area contributed by atoms with Gasteiger partial charge in [0.05, 0.1) is 25.9 Å². The monoisotopic (exact) mass is 412 g/mol. The van der Waals surface area contributed by atoms with Gasteiger partial charge in [-0.15, -0.1) is 0 Å². The topological polar surface area (TPSA) is 80.3 Å². The molecule has 0 amide bonds. The van der Waals surface area contributed by atoms with E-state index >= 15 is 0 Å². The van der Waals surface area contributed by atoms with Gasteiger partial charge < -0.3 is 23.7 Å². The van der Waals surface area contributed by atoms with Crippen molar-refractivity contribution >= 4 is 11.9 Å². The zero-order valence-corrected chi connectivity index (χ0v) is 17.4. The van der Waals surface area contributed by atoms with Gasteiger partial charge in [-0.05, 0) is 37.6 Å². The van der Waals surface area contributed by atoms with Crippen LogP contribution in [0.2, 0.25) is 0 Å². The zero-order chi connectivity index (χ0) is 21.5. The van der Waals surface area contributed by atoms with Crippen molar-refractivity contribution in [3.8, 4) is 28.4 Å². The molecule has 2 aromatic carbocycles. The lowest BCUT2D eigenvalue weighted by Crippen LogP contribution is -2.33. The SMILES string of the molecule is COc1ccc(-c2cccc3c2COC3=O)c(OC2(C(=O)OC(C)C)CC2)c1OC. The number of fused-ring (bicyclic) bond motifs is 1. The number of benzene rings is 2. The van der Waals surface area contributed by atoms with Crippen molar-refractivity contribution in [1.29, 1.82) is 0 Å². The second kappa shape index (κ2) is 7.55. The van der Waals surface area contributed by atoms with Crippen LogP contribution in [-0.4, -0.2) is 37.9 Å². The summed E-state index contributed by atoms with van der Waals surface area (Å²) in [5.41, 5.74) is 1.71. The van der Waals surface area contributed by atoms with E-state index < -0.39 is 11.6 Å². The molecule has 1 saturated carbocycles. The van der Waals surface area contributed by atoms with Gasteiger partial charge in [0.25, 0.3) is 0 Å². The molecule has 0 bridgehead atoms. The normalized spacial score (nSPS) is 16.0. The van der Waals surface area contributed by atoms with Gasteiger partial charge >= 0.3 is 11.9 Å². The molecule has 158 valence electrons. The van der Waals surface area contributed by atoms with Crippen molar-refractivity contribution in [2.24, 2.45) is 0 Å². The first-order chi connectivity index (χ1) is 14.4. The van der Waals surface area contributed by atoms with Gasteiger partial charge in [0.2, 0.25) is 11.4 Å². The first kappa shape index (κ1) is 20.1. The van der Waals surface area contributed by atoms with Crippen molar-refractivity contribution in [2.75, 3.05) is 14.2 Å². The number of hydrogen-bond donors (Lipinski definition) is 0. The van der Waals surface area contributed by atoms with Crippen LogP contribution in [0.25, 0.3) is 11.1 Å². The quantitative estimate of drug-likeness (QED) is 0.638. The van der Waals surface area contributed by atoms with E-state index in [9.17, 15) is 9.59 Å². The number of hydrogen-bond acceptors (Lipinski definition) is 7. The first-order valence-electron chi connectivity index (χ1n) is 9.84. The fourth-order valence-corrected chi connectivity index (χ4v) is 3.59. The summed E-state index contributed by atoms with van der Waals surface area (Å²) in [5, 5.41) is 0. The van der Waals surface area contributed by atoms with Crippen molar-refractivity contribution < 1.29 is 33.3 Å². The Bertz CT molecular complexity index is 1000. The second-order valence-electron chi connectivity index (χ2n) is 7.64. The third kappa shape index (κ3) is 3.34. The zero-order valence-electron chi connectivity index (χ0n) is 17.4. The van der Waals surface area contributed by atoms with Crippen LogP contribution in [0.3, 0.4) is 0 Å². The molecule has 0 unspecified atom stereocenters. The molecule has 2 aromatic rings. The van der Waals surface area contributed by atoms with Crippen LogP contribution in [0.1, 0.15) is 42.6 Å². The molecular weight excluding hydrogens is 388 g/mol. The lowest BCUT2D eigenvalue weighted by atomic mass is 9.95. The summed E-state index contributed by atoms with van der Waals surface area (Å²) in [7, 11) is 3.05. The maximum atomic E-state index is 12.7. The standard InChI is InChI=1S/C23H24O7/c1-13(2)29-22(25)23(10-11-23)30-19-15(8-9-18(26-3)20(19)27-4)14-6-5-7-16-17(14)12-28-21(16)24/h5-9,13H,10-12H2,1-4H3. The smallest absolute Gasteiger partial charge is 0.350 e. The van der Waals surface area contributed by atoms with Crippen molar-refractivity contribution in [1.82, 2.24) is 0 Å². The lowest BCUT2D eigenvalue weighted by molar-refractivity contribution is -0.158. The van der Waals surface area contributed by atoms with Gasteiger partial charge in [-0.1, -0.05) is 12.1 Å². The van der Waals surface area contributed by atoms with Gasteiger partial charge in [0.15, 0.2) is 11.5 Å². The molecule has 0 aromatic heterocycles. The minimum absolute atomic E-state index is 0.179. The van der Waals surface area contributed by atoms with E-state index in [4.69, 9.17) is 23.7 Å². The van der Waals surface area contributed by atoms with Gasteiger partial charge in [0.1, 0.15) is 6.61 Å². The molecule has 1 fully saturated rings. The Morgan fingerprint density at radius 3 is 2.37 bits per heavy atom. The predicted octanol–water partition coefficient (Wildman–Crippen LogP) is 3.90. The Morgan fingerprint density at radius 2 is 1.73 bits per heavy atom. The average molecular weight is 412 g/mol. The highest BCUT2D eigenvalue weighted by Gasteiger charge is 2.55. The molecular formula is C23H24O7. The Morgan fingerprint density at radius 1 is 1.00 bits per heavy atom. The fourth-order valence-electron chi connectivity index (χ4n) is 3.59. The molecule has 4 rings (SSSR count). The summed E-state index contributed by atoms with van der Waals surface area (Å²) in [6.07, 6.45) is 0.852. The number of carbonyl (C=O) groups is 2. The van der Waals surface area contributed by atoms with Crippen molar-refractivity contribution in [3.05, 3.63) is 41.5 Å². The summed E-state index contributed by atoms with van der Waals surface area (Å²) in [4.78, 5) is 24.7. The van der Waals surface area contributed by atoms with Crippen LogP contribution in [0.5, 0.6) is 17.2 Å². The van der Waals surface area contributed by atoms with E-state index in [1.165, 1.54) is 14.2 Å². The Labute approximate surface area is 174 Å². The van der Waals surface area contributed by atoms with E-state index in [-0.39, 0.29) is 18.7 Å². The number of methoxy groups -OCH3 is 2. The number of cyclic esters (lactones) is 1. The van der Waals surface area contributed by atoms with Crippen LogP contribution in [0.4, 0.5) is 0 Å². The van der Waals surface area contributed by atoms with Crippen LogP contribution < -0.4 is 14.2 Å². The number of ether oxygens (including phenoxy) is 5. The maximum absolute atomic E-state index is 12.7. The average Bonchev–Trinajstić information content (AvgIpc) is 3.42. The van der Waals surface area contributed by atoms with Gasteiger partial charge in [-0.2, -0.15) is 0 Å². The molecule has 1 aliphatic carbocycles. The highest BCUT2D eigenvalue weighted by atomic mass is 16.6. The molecule has 0 spiro atoms. The largest absolute Gasteiger partial charge is 0.493 e. The number of rotatable bonds is 7. The summed E-state index contributed by atoms with van der Waals surface area (Å²) in [5.74, 6) is 0.479. The van der Waals surface area contributed by atoms with Crippen LogP contribution in [-0.2, 0) is 20.9 Å². The van der Waals surface area contributed by atoms with E-state index in [1.807, 2.05) is 12.1 Å². The number of carbonyl (C=O) groups excluding carboxylic acids is 2. The summed E-state index contributed by atoms with van der Waals surface area (Å²) < 4.78 is 28.0. The third-order valence-corrected chi connectivity index (χ3v) is 5.25. The van der Waals surface area contributed by atoms with E-state index in [0.717, 1.165) is 11.1 Å². The maximum Gasteiger partial charge on any atom is 0.350 e. The summed E-state index contributed by atoms with van der Waals surface area (Å²) in [6, 6.07) is 9.02. The van der Waals surface area contributed by atoms with Gasteiger partial charge in [-0.25, -0.2) is 9.59 Å². The molecule has 0 radical (unpaired) electrons. The van der Waals surface area contributed by atoms with Crippen LogP contribution in [0, 0.1) is 0 Å². The lowest BCUT2D eigenvalue weighted by Gasteiger charge is -2.23. The summed E-state index contributed by atoms with van der Waals surface area (Å²) in [6.45, 7) is 3.78. The molecule has 1 heterocycles. The van der Waals surface area contributed by atoms with Crippen molar-refractivity contribution in [3.63, 3.8) is 0 Å². The molecule has 7 nitrogen and oxygen atoms in total. The van der Waals surface area contributed by atoms with Crippen LogP contribution in [0.15, 0.2) is 30.3 Å². The second-order valence-corrected chi connectivity index (χ2v) is 7.64. The molecule has 0 atom stereocenters. The van der Waals surface area contributed by atoms with E-state index in [0.29, 0.717) is 41.2 Å². The molecule has 0 N–H and O–H groups in total. The van der Waals surface area contributed by atoms with E-state index in [1.54, 1.807) is 32.0 Å². The van der Waals surface area contributed by atoms with Gasteiger partial charge in [0, 0.05) is 24.0 Å². The van der Waals surface area contributed by atoms with Crippen molar-refractivity contribution in [2.45, 2.75) is 45.0 Å². The highest BCUT2D eigenvalue weighted by molar-refractivity contribution is 5.97. The number of esters is 2. The Balaban J connectivity index is 1.84. The van der Waals surface area contributed by atoms with E-state index in [2.05, 4.69) is 0 Å². The molecule has 0 saturated heterocycles. The fraction of sp³-hybridized carbons (Fsp3) is 0.391. The third-order valence-electron chi connectivity index (χ3n) is 5.25. The molecule has 30 heavy (non-hydrogen) atoms. The Hall–Kier alpha value is -3.22. The Kier molecular flexibility index (Phi) is 5.05. The van der Waals surface area contributed by atoms with Gasteiger partial charge in [-0.3, -0.25) is 0 Å². The predicted molar refractivity (Wildman–Crippen MR) is 108 cm³/mol.